The van der Waals surface area contributed by atoms with Crippen LogP contribution in [-0.2, 0) is 48.6 Å². The lowest BCUT2D eigenvalue weighted by atomic mass is 9.94. The third kappa shape index (κ3) is 7.97. The number of hydrogen-bond acceptors (Lipinski definition) is 10. The summed E-state index contributed by atoms with van der Waals surface area (Å²) in [7, 11) is -1.23. The Kier molecular flexibility index (Phi) is 11.3. The van der Waals surface area contributed by atoms with E-state index in [1.54, 1.807) is 13.8 Å². The second kappa shape index (κ2) is 12.7. The molecule has 0 radical (unpaired) electrons. The number of nitrogens with zero attached hydrogens (tertiary/aromatic N) is 4. The van der Waals surface area contributed by atoms with Gasteiger partial charge in [0.15, 0.2) is 6.10 Å². The van der Waals surface area contributed by atoms with Gasteiger partial charge in [-0.2, -0.15) is 5.06 Å². The molecule has 37 heavy (non-hydrogen) atoms. The van der Waals surface area contributed by atoms with Crippen LogP contribution in [0.25, 0.3) is 0 Å². The van der Waals surface area contributed by atoms with Crippen LogP contribution in [0.5, 0.6) is 0 Å². The molecule has 0 fully saturated rings. The summed E-state index contributed by atoms with van der Waals surface area (Å²) in [6.07, 6.45) is -1.14. The molecule has 2 atom stereocenters. The molecule has 2 unspecified atom stereocenters. The van der Waals surface area contributed by atoms with Gasteiger partial charge in [-0.3, -0.25) is 9.40 Å². The molecule has 0 saturated carbocycles. The van der Waals surface area contributed by atoms with Gasteiger partial charge in [0, 0.05) is 19.6 Å². The molecule has 13 nitrogen and oxygen atoms in total. The molecular weight excluding hydrogens is 507 g/mol. The molecule has 214 valence electrons. The van der Waals surface area contributed by atoms with Gasteiger partial charge >= 0.3 is 30.6 Å². The molecule has 0 aliphatic heterocycles. The number of esters is 1. The monoisotopic (exact) mass is 550 g/mol. The minimum atomic E-state index is -3.73. The Balaban J connectivity index is 3.18. The van der Waals surface area contributed by atoms with Crippen molar-refractivity contribution >= 4 is 13.6 Å². The van der Waals surface area contributed by atoms with Crippen LogP contribution in [-0.4, -0.2) is 62.0 Å². The highest BCUT2D eigenvalue weighted by Crippen LogP contribution is 2.60. The summed E-state index contributed by atoms with van der Waals surface area (Å²) >= 11 is 0. The summed E-state index contributed by atoms with van der Waals surface area (Å²) in [4.78, 5) is 55.3. The quantitative estimate of drug-likeness (QED) is 0.215. The van der Waals surface area contributed by atoms with Crippen LogP contribution < -0.4 is 17.1 Å². The zero-order chi connectivity index (χ0) is 28.9. The molecule has 1 heterocycles. The van der Waals surface area contributed by atoms with Gasteiger partial charge in [0.25, 0.3) is 0 Å². The van der Waals surface area contributed by atoms with Crippen LogP contribution in [0, 0.1) is 5.41 Å². The molecule has 0 aliphatic carbocycles. The standard InChI is InChI=1S/C23H43N4O9P/c1-12-34-37(32,35-13-2)18(22(4,5)6)27(23(7,8)9)36-16(3)17(28)33-15-14-26-20(30)24(10)19(29)25(11)21(26)31/h16,18H,12-15H2,1-11H3. The molecule has 0 amide bonds. The Morgan fingerprint density at radius 1 is 0.919 bits per heavy atom. The number of aromatic nitrogens is 3. The van der Waals surface area contributed by atoms with Crippen molar-refractivity contribution in [1.29, 1.82) is 0 Å². The first-order chi connectivity index (χ1) is 16.8. The zero-order valence-corrected chi connectivity index (χ0v) is 24.8. The molecule has 0 spiro atoms. The normalized spacial score (nSPS) is 14.6. The number of carbonyl (C=O) groups excluding carboxylic acids is 1. The van der Waals surface area contributed by atoms with Gasteiger partial charge in [0.05, 0.1) is 19.8 Å². The van der Waals surface area contributed by atoms with Crippen molar-refractivity contribution in [2.45, 2.75) is 86.3 Å². The molecule has 1 aromatic rings. The summed E-state index contributed by atoms with van der Waals surface area (Å²) < 4.78 is 32.8. The van der Waals surface area contributed by atoms with Crippen LogP contribution in [0.3, 0.4) is 0 Å². The van der Waals surface area contributed by atoms with Gasteiger partial charge in [-0.1, -0.05) is 20.8 Å². The fourth-order valence-electron chi connectivity index (χ4n) is 3.67. The van der Waals surface area contributed by atoms with E-state index in [9.17, 15) is 23.7 Å². The van der Waals surface area contributed by atoms with Crippen molar-refractivity contribution in [3.63, 3.8) is 0 Å². The third-order valence-electron chi connectivity index (χ3n) is 5.35. The Bertz CT molecular complexity index is 1110. The maximum atomic E-state index is 13.9. The van der Waals surface area contributed by atoms with E-state index in [4.69, 9.17) is 18.6 Å². The topological polar surface area (TPSA) is 140 Å². The summed E-state index contributed by atoms with van der Waals surface area (Å²) in [6, 6.07) is 0. The van der Waals surface area contributed by atoms with Gasteiger partial charge in [0.1, 0.15) is 12.4 Å². The lowest BCUT2D eigenvalue weighted by molar-refractivity contribution is -0.263. The predicted octanol–water partition coefficient (Wildman–Crippen LogP) is 1.85. The number of ether oxygens (including phenoxy) is 1. The largest absolute Gasteiger partial charge is 0.462 e. The average molecular weight is 551 g/mol. The van der Waals surface area contributed by atoms with Gasteiger partial charge in [-0.25, -0.2) is 32.9 Å². The zero-order valence-electron chi connectivity index (χ0n) is 23.9. The first kappa shape index (κ1) is 33.0. The van der Waals surface area contributed by atoms with Crippen molar-refractivity contribution in [3.8, 4) is 0 Å². The highest BCUT2D eigenvalue weighted by Gasteiger charge is 2.52. The SMILES string of the molecule is CCOP(=O)(OCC)C(N(OC(C)C(=O)OCCn1c(=O)n(C)c(=O)n(C)c1=O)C(C)(C)C)C(C)(C)C. The third-order valence-corrected chi connectivity index (χ3v) is 8.17. The lowest BCUT2D eigenvalue weighted by Gasteiger charge is -2.47. The molecule has 1 aromatic heterocycles. The summed E-state index contributed by atoms with van der Waals surface area (Å²) in [5.41, 5.74) is -3.77. The fourth-order valence-corrected chi connectivity index (χ4v) is 6.35. The van der Waals surface area contributed by atoms with Crippen LogP contribution in [0.15, 0.2) is 14.4 Å². The van der Waals surface area contributed by atoms with Crippen LogP contribution >= 0.6 is 7.60 Å². The molecule has 0 bridgehead atoms. The van der Waals surface area contributed by atoms with E-state index in [1.165, 1.54) is 26.1 Å². The highest BCUT2D eigenvalue weighted by molar-refractivity contribution is 7.54. The Labute approximate surface area is 217 Å². The van der Waals surface area contributed by atoms with Crippen LogP contribution in [0.2, 0.25) is 0 Å². The molecular formula is C23H43N4O9P. The fraction of sp³-hybridized carbons (Fsp3) is 0.826. The first-order valence-corrected chi connectivity index (χ1v) is 13.8. The number of rotatable bonds is 12. The minimum absolute atomic E-state index is 0.156. The van der Waals surface area contributed by atoms with E-state index < -0.39 is 53.5 Å². The van der Waals surface area contributed by atoms with Crippen molar-refractivity contribution in [3.05, 3.63) is 31.5 Å². The smallest absolute Gasteiger partial charge is 0.350 e. The molecule has 1 rings (SSSR count). The lowest BCUT2D eigenvalue weighted by Crippen LogP contribution is -2.55. The Morgan fingerprint density at radius 3 is 1.76 bits per heavy atom. The van der Waals surface area contributed by atoms with Crippen molar-refractivity contribution in [2.75, 3.05) is 19.8 Å². The van der Waals surface area contributed by atoms with Gasteiger partial charge in [0.2, 0.25) is 0 Å². The van der Waals surface area contributed by atoms with E-state index in [-0.39, 0.29) is 26.4 Å². The van der Waals surface area contributed by atoms with Crippen LogP contribution in [0.4, 0.5) is 0 Å². The van der Waals surface area contributed by atoms with E-state index >= 15 is 0 Å². The van der Waals surface area contributed by atoms with E-state index in [0.29, 0.717) is 0 Å². The van der Waals surface area contributed by atoms with E-state index in [0.717, 1.165) is 13.7 Å². The van der Waals surface area contributed by atoms with E-state index in [2.05, 4.69) is 0 Å². The van der Waals surface area contributed by atoms with Crippen molar-refractivity contribution < 1.29 is 28.0 Å². The number of carbonyl (C=O) groups is 1. The molecule has 0 aromatic carbocycles. The van der Waals surface area contributed by atoms with Gasteiger partial charge in [-0.05, 0) is 47.0 Å². The maximum absolute atomic E-state index is 13.9. The second-order valence-electron chi connectivity index (χ2n) is 10.6. The Morgan fingerprint density at radius 2 is 1.38 bits per heavy atom. The summed E-state index contributed by atoms with van der Waals surface area (Å²) in [5.74, 6) is -1.64. The summed E-state index contributed by atoms with van der Waals surface area (Å²) in [5, 5.41) is 1.47. The maximum Gasteiger partial charge on any atom is 0.350 e. The Hall–Kier alpha value is -2.05. The molecule has 14 heteroatoms. The number of hydroxylamine groups is 2. The molecule has 0 aliphatic rings. The van der Waals surface area contributed by atoms with E-state index in [1.807, 2.05) is 41.5 Å². The van der Waals surface area contributed by atoms with Crippen molar-refractivity contribution in [1.82, 2.24) is 18.8 Å². The van der Waals surface area contributed by atoms with Crippen molar-refractivity contribution in [2.24, 2.45) is 19.5 Å². The predicted molar refractivity (Wildman–Crippen MR) is 138 cm³/mol. The van der Waals surface area contributed by atoms with Gasteiger partial charge < -0.3 is 13.8 Å². The minimum Gasteiger partial charge on any atom is -0.462 e. The molecule has 0 N–H and O–H groups in total. The summed E-state index contributed by atoms with van der Waals surface area (Å²) in [6.45, 7) is 15.8. The second-order valence-corrected chi connectivity index (χ2v) is 12.7. The van der Waals surface area contributed by atoms with Crippen LogP contribution in [0.1, 0.15) is 62.3 Å². The number of hydrogen-bond donors (Lipinski definition) is 0. The first-order valence-electron chi connectivity index (χ1n) is 12.2. The van der Waals surface area contributed by atoms with Gasteiger partial charge in [-0.15, -0.1) is 0 Å². The molecule has 0 saturated heterocycles. The highest BCUT2D eigenvalue weighted by atomic mass is 31.2. The average Bonchev–Trinajstić information content (AvgIpc) is 2.76.